The van der Waals surface area contributed by atoms with Crippen LogP contribution in [0.5, 0.6) is 0 Å². The molecule has 1 aromatic heterocycles. The Hall–Kier alpha value is -1.85. The van der Waals surface area contributed by atoms with E-state index in [0.29, 0.717) is 15.7 Å². The fourth-order valence-corrected chi connectivity index (χ4v) is 2.58. The van der Waals surface area contributed by atoms with E-state index >= 15 is 0 Å². The molecule has 0 aliphatic heterocycles. The summed E-state index contributed by atoms with van der Waals surface area (Å²) in [4.78, 5) is 13.6. The van der Waals surface area contributed by atoms with Gasteiger partial charge in [0.1, 0.15) is 11.0 Å². The van der Waals surface area contributed by atoms with E-state index in [1.54, 1.807) is 33.2 Å². The first kappa shape index (κ1) is 17.5. The van der Waals surface area contributed by atoms with E-state index in [2.05, 4.69) is 5.10 Å². The smallest absolute Gasteiger partial charge is 0.246 e. The van der Waals surface area contributed by atoms with Crippen LogP contribution in [0, 0.1) is 12.7 Å². The second-order valence-corrected chi connectivity index (χ2v) is 5.91. The number of aryl methyl sites for hydroxylation is 2. The number of likely N-dealkylation sites (N-methyl/N-ethyl adjacent to an activating group) is 1. The van der Waals surface area contributed by atoms with E-state index in [4.69, 9.17) is 23.2 Å². The topological polar surface area (TPSA) is 38.1 Å². The van der Waals surface area contributed by atoms with Gasteiger partial charge in [0.15, 0.2) is 0 Å². The quantitative estimate of drug-likeness (QED) is 0.781. The summed E-state index contributed by atoms with van der Waals surface area (Å²) in [5, 5.41) is 4.91. The van der Waals surface area contributed by atoms with Gasteiger partial charge in [-0.3, -0.25) is 9.48 Å². The summed E-state index contributed by atoms with van der Waals surface area (Å²) in [5.41, 5.74) is 1.69. The van der Waals surface area contributed by atoms with Gasteiger partial charge in [-0.2, -0.15) is 5.10 Å². The average molecular weight is 356 g/mol. The van der Waals surface area contributed by atoms with E-state index in [1.165, 1.54) is 27.8 Å². The highest BCUT2D eigenvalue weighted by atomic mass is 35.5. The summed E-state index contributed by atoms with van der Waals surface area (Å²) in [6, 6.07) is 4.43. The molecule has 0 atom stereocenters. The van der Waals surface area contributed by atoms with Crippen LogP contribution in [0.2, 0.25) is 10.2 Å². The molecule has 1 heterocycles. The van der Waals surface area contributed by atoms with Crippen LogP contribution in [0.1, 0.15) is 16.8 Å². The van der Waals surface area contributed by atoms with Gasteiger partial charge in [0.05, 0.1) is 5.69 Å². The van der Waals surface area contributed by atoms with Crippen LogP contribution in [-0.2, 0) is 18.4 Å². The van der Waals surface area contributed by atoms with Crippen molar-refractivity contribution in [1.82, 2.24) is 14.7 Å². The molecule has 4 nitrogen and oxygen atoms in total. The zero-order valence-corrected chi connectivity index (χ0v) is 14.5. The van der Waals surface area contributed by atoms with Gasteiger partial charge in [0, 0.05) is 42.9 Å². The van der Waals surface area contributed by atoms with Crippen molar-refractivity contribution < 1.29 is 9.18 Å². The van der Waals surface area contributed by atoms with E-state index in [1.807, 2.05) is 0 Å². The Morgan fingerprint density at radius 1 is 1.43 bits per heavy atom. The number of hydrogen-bond donors (Lipinski definition) is 0. The molecule has 0 aliphatic rings. The number of aromatic nitrogens is 2. The lowest BCUT2D eigenvalue weighted by Crippen LogP contribution is -2.24. The van der Waals surface area contributed by atoms with Crippen LogP contribution in [0.3, 0.4) is 0 Å². The van der Waals surface area contributed by atoms with E-state index in [-0.39, 0.29) is 18.0 Å². The second kappa shape index (κ2) is 7.15. The molecule has 0 fully saturated rings. The minimum Gasteiger partial charge on any atom is -0.338 e. The van der Waals surface area contributed by atoms with E-state index < -0.39 is 5.82 Å². The highest BCUT2D eigenvalue weighted by Crippen LogP contribution is 2.22. The third-order valence-electron chi connectivity index (χ3n) is 3.42. The standard InChI is InChI=1S/C16H16Cl2FN3O/c1-10-11(16(18)22(3)20-10)7-8-15(23)21(2)9-12-13(17)5-4-6-14(12)19/h4-8H,9H2,1-3H3/b8-7+. The van der Waals surface area contributed by atoms with E-state index in [9.17, 15) is 9.18 Å². The van der Waals surface area contributed by atoms with Crippen LogP contribution < -0.4 is 0 Å². The first-order valence-corrected chi connectivity index (χ1v) is 7.62. The molecule has 0 aliphatic carbocycles. The first-order chi connectivity index (χ1) is 10.8. The summed E-state index contributed by atoms with van der Waals surface area (Å²) in [7, 11) is 3.30. The summed E-state index contributed by atoms with van der Waals surface area (Å²) in [5.74, 6) is -0.726. The number of amides is 1. The van der Waals surface area contributed by atoms with Crippen LogP contribution in [-0.4, -0.2) is 27.6 Å². The van der Waals surface area contributed by atoms with Crippen molar-refractivity contribution in [3.05, 3.63) is 57.1 Å². The predicted molar refractivity (Wildman–Crippen MR) is 89.9 cm³/mol. The van der Waals surface area contributed by atoms with Crippen molar-refractivity contribution in [2.45, 2.75) is 13.5 Å². The van der Waals surface area contributed by atoms with Crippen LogP contribution >= 0.6 is 23.2 Å². The normalized spacial score (nSPS) is 11.2. The van der Waals surface area contributed by atoms with Crippen molar-refractivity contribution in [2.75, 3.05) is 7.05 Å². The third kappa shape index (κ3) is 3.92. The minimum absolute atomic E-state index is 0.0778. The number of benzene rings is 1. The lowest BCUT2D eigenvalue weighted by Gasteiger charge is -2.16. The van der Waals surface area contributed by atoms with Gasteiger partial charge in [0.25, 0.3) is 0 Å². The van der Waals surface area contributed by atoms with Gasteiger partial charge >= 0.3 is 0 Å². The van der Waals surface area contributed by atoms with Gasteiger partial charge < -0.3 is 4.90 Å². The van der Waals surface area contributed by atoms with Crippen molar-refractivity contribution in [2.24, 2.45) is 7.05 Å². The predicted octanol–water partition coefficient (Wildman–Crippen LogP) is 3.85. The van der Waals surface area contributed by atoms with Crippen molar-refractivity contribution in [3.8, 4) is 0 Å². The van der Waals surface area contributed by atoms with Crippen molar-refractivity contribution in [1.29, 1.82) is 0 Å². The highest BCUT2D eigenvalue weighted by Gasteiger charge is 2.13. The van der Waals surface area contributed by atoms with Gasteiger partial charge in [0.2, 0.25) is 5.91 Å². The number of nitrogens with zero attached hydrogens (tertiary/aromatic N) is 3. The Labute approximate surface area is 144 Å². The number of rotatable bonds is 4. The maximum absolute atomic E-state index is 13.8. The Morgan fingerprint density at radius 2 is 2.13 bits per heavy atom. The average Bonchev–Trinajstić information content (AvgIpc) is 2.73. The third-order valence-corrected chi connectivity index (χ3v) is 4.22. The Bertz CT molecular complexity index is 751. The molecule has 1 amide bonds. The number of carbonyl (C=O) groups is 1. The molecule has 0 radical (unpaired) electrons. The minimum atomic E-state index is -0.438. The number of halogens is 3. The van der Waals surface area contributed by atoms with Gasteiger partial charge in [-0.05, 0) is 25.1 Å². The molecule has 0 N–H and O–H groups in total. The Balaban J connectivity index is 2.13. The second-order valence-electron chi connectivity index (χ2n) is 5.14. The number of hydrogen-bond acceptors (Lipinski definition) is 2. The largest absolute Gasteiger partial charge is 0.338 e. The molecule has 23 heavy (non-hydrogen) atoms. The van der Waals surface area contributed by atoms with E-state index in [0.717, 1.165) is 5.69 Å². The summed E-state index contributed by atoms with van der Waals surface area (Å²) in [6.07, 6.45) is 2.98. The highest BCUT2D eigenvalue weighted by molar-refractivity contribution is 6.31. The molecular weight excluding hydrogens is 340 g/mol. The number of carbonyl (C=O) groups excluding carboxylic acids is 1. The molecule has 1 aromatic carbocycles. The molecule has 122 valence electrons. The molecule has 0 bridgehead atoms. The molecule has 0 saturated carbocycles. The zero-order valence-electron chi connectivity index (χ0n) is 13.0. The zero-order chi connectivity index (χ0) is 17.1. The van der Waals surface area contributed by atoms with Crippen molar-refractivity contribution in [3.63, 3.8) is 0 Å². The molecule has 0 saturated heterocycles. The Morgan fingerprint density at radius 3 is 2.70 bits per heavy atom. The lowest BCUT2D eigenvalue weighted by molar-refractivity contribution is -0.125. The summed E-state index contributed by atoms with van der Waals surface area (Å²) >= 11 is 12.1. The maximum atomic E-state index is 13.8. The first-order valence-electron chi connectivity index (χ1n) is 6.86. The summed E-state index contributed by atoms with van der Waals surface area (Å²) in [6.45, 7) is 1.88. The van der Waals surface area contributed by atoms with Crippen LogP contribution in [0.4, 0.5) is 4.39 Å². The molecule has 2 rings (SSSR count). The fourth-order valence-electron chi connectivity index (χ4n) is 2.12. The van der Waals surface area contributed by atoms with Gasteiger partial charge in [-0.1, -0.05) is 29.3 Å². The van der Waals surface area contributed by atoms with Gasteiger partial charge in [-0.15, -0.1) is 0 Å². The monoisotopic (exact) mass is 355 g/mol. The fraction of sp³-hybridized carbons (Fsp3) is 0.250. The van der Waals surface area contributed by atoms with Crippen LogP contribution in [0.15, 0.2) is 24.3 Å². The summed E-state index contributed by atoms with van der Waals surface area (Å²) < 4.78 is 15.3. The molecule has 2 aromatic rings. The molecule has 7 heteroatoms. The molecular formula is C16H16Cl2FN3O. The molecule has 0 spiro atoms. The molecule has 0 unspecified atom stereocenters. The van der Waals surface area contributed by atoms with Gasteiger partial charge in [-0.25, -0.2) is 4.39 Å². The lowest BCUT2D eigenvalue weighted by atomic mass is 10.2. The SMILES string of the molecule is Cc1nn(C)c(Cl)c1/C=C/C(=O)N(C)Cc1c(F)cccc1Cl. The van der Waals surface area contributed by atoms with Crippen LogP contribution in [0.25, 0.3) is 6.08 Å². The Kier molecular flexibility index (Phi) is 5.44. The maximum Gasteiger partial charge on any atom is 0.246 e. The van der Waals surface area contributed by atoms with Crippen molar-refractivity contribution >= 4 is 35.2 Å².